The van der Waals surface area contributed by atoms with Gasteiger partial charge in [0, 0.05) is 6.20 Å². The number of nitrogens with one attached hydrogen (secondary N) is 1. The summed E-state index contributed by atoms with van der Waals surface area (Å²) in [6.45, 7) is 0. The number of oxazole rings is 1. The Balaban J connectivity index is 2.66. The molecule has 0 fully saturated rings. The maximum atomic E-state index is 11.0. The van der Waals surface area contributed by atoms with Gasteiger partial charge in [-0.15, -0.1) is 0 Å². The molecular weight excluding hydrogens is 182 g/mol. The molecule has 2 aromatic heterocycles. The standard InChI is InChI=1S/C9H5N3O2/c13-9-12-7-2-1-6-5(8(7)14-9)3-10-4-11-6/h1-4H,(H,12,13). The molecule has 1 N–H and O–H groups in total. The van der Waals surface area contributed by atoms with Crippen molar-refractivity contribution < 1.29 is 4.42 Å². The minimum absolute atomic E-state index is 0.462. The SMILES string of the molecule is O=c1[nH]c2ccc3ncncc3c2o1. The van der Waals surface area contributed by atoms with Crippen LogP contribution in [0.25, 0.3) is 22.0 Å². The molecule has 0 radical (unpaired) electrons. The monoisotopic (exact) mass is 187 g/mol. The largest absolute Gasteiger partial charge is 0.417 e. The molecule has 0 aliphatic carbocycles. The summed E-state index contributed by atoms with van der Waals surface area (Å²) < 4.78 is 4.99. The van der Waals surface area contributed by atoms with Gasteiger partial charge in [0.1, 0.15) is 6.33 Å². The third-order valence-electron chi connectivity index (χ3n) is 2.07. The summed E-state index contributed by atoms with van der Waals surface area (Å²) in [4.78, 5) is 21.5. The lowest BCUT2D eigenvalue weighted by atomic mass is 10.2. The molecule has 5 nitrogen and oxygen atoms in total. The molecule has 0 aliphatic rings. The van der Waals surface area contributed by atoms with Gasteiger partial charge in [-0.25, -0.2) is 14.8 Å². The van der Waals surface area contributed by atoms with E-state index in [1.54, 1.807) is 12.3 Å². The summed E-state index contributed by atoms with van der Waals surface area (Å²) in [5.41, 5.74) is 1.93. The number of nitrogens with zero attached hydrogens (tertiary/aromatic N) is 2. The van der Waals surface area contributed by atoms with Crippen molar-refractivity contribution in [1.82, 2.24) is 15.0 Å². The lowest BCUT2D eigenvalue weighted by Gasteiger charge is -1.94. The zero-order valence-corrected chi connectivity index (χ0v) is 7.02. The van der Waals surface area contributed by atoms with Gasteiger partial charge in [-0.3, -0.25) is 4.98 Å². The highest BCUT2D eigenvalue weighted by Gasteiger charge is 2.05. The van der Waals surface area contributed by atoms with E-state index >= 15 is 0 Å². The normalized spacial score (nSPS) is 11.1. The second kappa shape index (κ2) is 2.41. The molecule has 1 aromatic carbocycles. The quantitative estimate of drug-likeness (QED) is 0.571. The van der Waals surface area contributed by atoms with E-state index in [1.807, 2.05) is 6.07 Å². The van der Waals surface area contributed by atoms with Crippen molar-refractivity contribution in [1.29, 1.82) is 0 Å². The summed E-state index contributed by atoms with van der Waals surface area (Å²) in [7, 11) is 0. The molecule has 0 saturated heterocycles. The van der Waals surface area contributed by atoms with Crippen molar-refractivity contribution in [3.63, 3.8) is 0 Å². The molecule has 5 heteroatoms. The zero-order chi connectivity index (χ0) is 9.54. The fourth-order valence-electron chi connectivity index (χ4n) is 1.47. The van der Waals surface area contributed by atoms with Crippen LogP contribution in [0.4, 0.5) is 0 Å². The maximum Gasteiger partial charge on any atom is 0.417 e. The summed E-state index contributed by atoms with van der Waals surface area (Å²) in [5.74, 6) is -0.462. The van der Waals surface area contributed by atoms with Crippen molar-refractivity contribution in [2.24, 2.45) is 0 Å². The smallest absolute Gasteiger partial charge is 0.407 e. The molecule has 0 aliphatic heterocycles. The van der Waals surface area contributed by atoms with Crippen molar-refractivity contribution in [3.05, 3.63) is 35.2 Å². The molecular formula is C9H5N3O2. The number of rotatable bonds is 0. The summed E-state index contributed by atoms with van der Waals surface area (Å²) in [6, 6.07) is 3.57. The Morgan fingerprint density at radius 3 is 3.21 bits per heavy atom. The van der Waals surface area contributed by atoms with Crippen LogP contribution in [0.5, 0.6) is 0 Å². The molecule has 3 aromatic rings. The predicted octanol–water partition coefficient (Wildman–Crippen LogP) is 1.06. The van der Waals surface area contributed by atoms with E-state index < -0.39 is 5.76 Å². The molecule has 0 saturated carbocycles. The molecule has 0 amide bonds. The van der Waals surface area contributed by atoms with E-state index in [1.165, 1.54) is 6.33 Å². The number of aromatic nitrogens is 3. The molecule has 0 unspecified atom stereocenters. The van der Waals surface area contributed by atoms with Crippen LogP contribution >= 0.6 is 0 Å². The first-order chi connectivity index (χ1) is 6.84. The van der Waals surface area contributed by atoms with Crippen LogP contribution in [-0.2, 0) is 0 Å². The Morgan fingerprint density at radius 1 is 1.36 bits per heavy atom. The van der Waals surface area contributed by atoms with E-state index in [0.717, 1.165) is 10.9 Å². The summed E-state index contributed by atoms with van der Waals surface area (Å²) in [6.07, 6.45) is 3.08. The number of benzene rings is 1. The van der Waals surface area contributed by atoms with Crippen molar-refractivity contribution >= 4 is 22.0 Å². The van der Waals surface area contributed by atoms with Gasteiger partial charge >= 0.3 is 5.76 Å². The fourth-order valence-corrected chi connectivity index (χ4v) is 1.47. The maximum absolute atomic E-state index is 11.0. The number of H-pyrrole nitrogens is 1. The molecule has 14 heavy (non-hydrogen) atoms. The predicted molar refractivity (Wildman–Crippen MR) is 49.9 cm³/mol. The van der Waals surface area contributed by atoms with E-state index in [0.29, 0.717) is 11.1 Å². The second-order valence-corrected chi connectivity index (χ2v) is 2.91. The number of fused-ring (bicyclic) bond motifs is 3. The van der Waals surface area contributed by atoms with Crippen molar-refractivity contribution in [2.75, 3.05) is 0 Å². The highest BCUT2D eigenvalue weighted by Crippen LogP contribution is 2.20. The van der Waals surface area contributed by atoms with Crippen molar-refractivity contribution in [2.45, 2.75) is 0 Å². The Kier molecular flexibility index (Phi) is 1.25. The molecule has 0 atom stereocenters. The lowest BCUT2D eigenvalue weighted by molar-refractivity contribution is 0.558. The molecule has 68 valence electrons. The molecule has 0 bridgehead atoms. The minimum Gasteiger partial charge on any atom is -0.407 e. The van der Waals surface area contributed by atoms with E-state index in [2.05, 4.69) is 15.0 Å². The first-order valence-electron chi connectivity index (χ1n) is 4.06. The summed E-state index contributed by atoms with van der Waals surface area (Å²) in [5, 5.41) is 0.739. The van der Waals surface area contributed by atoms with Gasteiger partial charge in [0.2, 0.25) is 0 Å². The Bertz CT molecular complexity index is 668. The molecule has 3 rings (SSSR count). The molecule has 0 spiro atoms. The topological polar surface area (TPSA) is 71.8 Å². The highest BCUT2D eigenvalue weighted by molar-refractivity contribution is 6.00. The van der Waals surface area contributed by atoms with E-state index in [9.17, 15) is 4.79 Å². The van der Waals surface area contributed by atoms with E-state index in [4.69, 9.17) is 4.42 Å². The first kappa shape index (κ1) is 7.25. The third-order valence-corrected chi connectivity index (χ3v) is 2.07. The first-order valence-corrected chi connectivity index (χ1v) is 4.06. The van der Waals surface area contributed by atoms with Crippen LogP contribution in [0, 0.1) is 0 Å². The van der Waals surface area contributed by atoms with Crippen LogP contribution in [-0.4, -0.2) is 15.0 Å². The van der Waals surface area contributed by atoms with Gasteiger partial charge < -0.3 is 4.42 Å². The van der Waals surface area contributed by atoms with Crippen molar-refractivity contribution in [3.8, 4) is 0 Å². The average molecular weight is 187 g/mol. The molecule has 2 heterocycles. The fraction of sp³-hybridized carbons (Fsp3) is 0. The van der Waals surface area contributed by atoms with Crippen LogP contribution < -0.4 is 5.76 Å². The number of hydrogen-bond donors (Lipinski definition) is 1. The summed E-state index contributed by atoms with van der Waals surface area (Å²) >= 11 is 0. The van der Waals surface area contributed by atoms with Gasteiger partial charge in [-0.1, -0.05) is 0 Å². The third kappa shape index (κ3) is 0.861. The van der Waals surface area contributed by atoms with Crippen LogP contribution in [0.3, 0.4) is 0 Å². The zero-order valence-electron chi connectivity index (χ0n) is 7.02. The second-order valence-electron chi connectivity index (χ2n) is 2.91. The Hall–Kier alpha value is -2.17. The number of aromatic amines is 1. The minimum atomic E-state index is -0.462. The lowest BCUT2D eigenvalue weighted by Crippen LogP contribution is -1.92. The Morgan fingerprint density at radius 2 is 2.29 bits per heavy atom. The van der Waals surface area contributed by atoms with Gasteiger partial charge in [-0.2, -0.15) is 0 Å². The highest BCUT2D eigenvalue weighted by atomic mass is 16.4. The number of hydrogen-bond acceptors (Lipinski definition) is 4. The van der Waals surface area contributed by atoms with Crippen LogP contribution in [0.1, 0.15) is 0 Å². The van der Waals surface area contributed by atoms with Gasteiger partial charge in [-0.05, 0) is 12.1 Å². The van der Waals surface area contributed by atoms with Crippen LogP contribution in [0.2, 0.25) is 0 Å². The average Bonchev–Trinajstić information content (AvgIpc) is 2.59. The Labute approximate surface area is 77.4 Å². The van der Waals surface area contributed by atoms with Gasteiger partial charge in [0.05, 0.1) is 16.4 Å². The van der Waals surface area contributed by atoms with Gasteiger partial charge in [0.25, 0.3) is 0 Å². The van der Waals surface area contributed by atoms with Gasteiger partial charge in [0.15, 0.2) is 5.58 Å². The van der Waals surface area contributed by atoms with E-state index in [-0.39, 0.29) is 0 Å². The van der Waals surface area contributed by atoms with Crippen LogP contribution in [0.15, 0.2) is 33.9 Å².